The number of rotatable bonds is 6. The molecule has 0 bridgehead atoms. The molecule has 19 heavy (non-hydrogen) atoms. The van der Waals surface area contributed by atoms with Crippen molar-refractivity contribution in [1.29, 1.82) is 0 Å². The standard InChI is InChI=1S/C15H20N2OS/c1-12(2)17(11-10-14(16)19)15(18)9-8-13-6-4-3-5-7-13/h3-9,12H,10-11H2,1-2H3,(H2,16,19)/b9-8+. The van der Waals surface area contributed by atoms with Crippen molar-refractivity contribution in [3.05, 3.63) is 42.0 Å². The van der Waals surface area contributed by atoms with Crippen molar-refractivity contribution in [2.75, 3.05) is 6.54 Å². The van der Waals surface area contributed by atoms with Crippen LogP contribution >= 0.6 is 12.2 Å². The number of nitrogens with zero attached hydrogens (tertiary/aromatic N) is 1. The van der Waals surface area contributed by atoms with E-state index in [1.807, 2.05) is 50.3 Å². The molecule has 0 fully saturated rings. The Bertz CT molecular complexity index is 454. The molecule has 0 aromatic heterocycles. The smallest absolute Gasteiger partial charge is 0.246 e. The van der Waals surface area contributed by atoms with Crippen molar-refractivity contribution in [1.82, 2.24) is 4.90 Å². The van der Waals surface area contributed by atoms with E-state index < -0.39 is 0 Å². The maximum atomic E-state index is 12.1. The van der Waals surface area contributed by atoms with E-state index >= 15 is 0 Å². The van der Waals surface area contributed by atoms with Crippen LogP contribution in [0.3, 0.4) is 0 Å². The van der Waals surface area contributed by atoms with Gasteiger partial charge in [-0.3, -0.25) is 4.79 Å². The van der Waals surface area contributed by atoms with Crippen molar-refractivity contribution in [2.24, 2.45) is 5.73 Å². The second-order valence-corrected chi connectivity index (χ2v) is 5.11. The lowest BCUT2D eigenvalue weighted by atomic mass is 10.2. The van der Waals surface area contributed by atoms with E-state index in [0.717, 1.165) is 5.56 Å². The Kier molecular flexibility index (Phi) is 6.22. The van der Waals surface area contributed by atoms with Gasteiger partial charge in [0.15, 0.2) is 0 Å². The van der Waals surface area contributed by atoms with Crippen LogP contribution in [0.25, 0.3) is 6.08 Å². The summed E-state index contributed by atoms with van der Waals surface area (Å²) in [5.41, 5.74) is 6.49. The summed E-state index contributed by atoms with van der Waals surface area (Å²) in [6.45, 7) is 4.52. The van der Waals surface area contributed by atoms with Crippen LogP contribution in [0.2, 0.25) is 0 Å². The molecule has 0 saturated carbocycles. The van der Waals surface area contributed by atoms with Gasteiger partial charge < -0.3 is 10.6 Å². The van der Waals surface area contributed by atoms with Crippen molar-refractivity contribution >= 4 is 29.2 Å². The third-order valence-electron chi connectivity index (χ3n) is 2.72. The van der Waals surface area contributed by atoms with E-state index in [1.54, 1.807) is 11.0 Å². The van der Waals surface area contributed by atoms with Crippen LogP contribution in [0.1, 0.15) is 25.8 Å². The van der Waals surface area contributed by atoms with Crippen LogP contribution in [0, 0.1) is 0 Å². The highest BCUT2D eigenvalue weighted by Gasteiger charge is 2.14. The van der Waals surface area contributed by atoms with Gasteiger partial charge in [0.25, 0.3) is 0 Å². The third-order valence-corrected chi connectivity index (χ3v) is 2.93. The fourth-order valence-corrected chi connectivity index (χ4v) is 1.77. The molecule has 0 radical (unpaired) electrons. The molecule has 1 aromatic rings. The van der Waals surface area contributed by atoms with Crippen molar-refractivity contribution in [3.63, 3.8) is 0 Å². The quantitative estimate of drug-likeness (QED) is 0.642. The fraction of sp³-hybridized carbons (Fsp3) is 0.333. The first kappa shape index (κ1) is 15.4. The van der Waals surface area contributed by atoms with Crippen molar-refractivity contribution in [2.45, 2.75) is 26.3 Å². The molecule has 1 aromatic carbocycles. The van der Waals surface area contributed by atoms with Crippen LogP contribution in [-0.4, -0.2) is 28.4 Å². The Morgan fingerprint density at radius 1 is 1.37 bits per heavy atom. The molecule has 0 unspecified atom stereocenters. The van der Waals surface area contributed by atoms with Crippen molar-refractivity contribution < 1.29 is 4.79 Å². The molecule has 102 valence electrons. The number of carbonyl (C=O) groups excluding carboxylic acids is 1. The van der Waals surface area contributed by atoms with E-state index in [2.05, 4.69) is 0 Å². The van der Waals surface area contributed by atoms with Gasteiger partial charge in [0.1, 0.15) is 0 Å². The molecule has 1 rings (SSSR count). The molecule has 0 saturated heterocycles. The zero-order valence-electron chi connectivity index (χ0n) is 11.4. The maximum absolute atomic E-state index is 12.1. The van der Waals surface area contributed by atoms with E-state index in [4.69, 9.17) is 18.0 Å². The van der Waals surface area contributed by atoms with Gasteiger partial charge in [-0.2, -0.15) is 0 Å². The average Bonchev–Trinajstić information content (AvgIpc) is 2.37. The fourth-order valence-electron chi connectivity index (χ4n) is 1.68. The number of hydrogen-bond donors (Lipinski definition) is 1. The summed E-state index contributed by atoms with van der Waals surface area (Å²) in [7, 11) is 0. The number of amides is 1. The highest BCUT2D eigenvalue weighted by molar-refractivity contribution is 7.80. The minimum absolute atomic E-state index is 0.0184. The first-order valence-corrected chi connectivity index (χ1v) is 6.73. The average molecular weight is 276 g/mol. The number of benzene rings is 1. The summed E-state index contributed by atoms with van der Waals surface area (Å²) in [6, 6.07) is 9.87. The molecule has 0 aliphatic carbocycles. The van der Waals surface area contributed by atoms with Crippen LogP contribution in [0.4, 0.5) is 0 Å². The summed E-state index contributed by atoms with van der Waals surface area (Å²) in [5.74, 6) is -0.0184. The summed E-state index contributed by atoms with van der Waals surface area (Å²) >= 11 is 4.85. The third kappa shape index (κ3) is 5.66. The first-order valence-electron chi connectivity index (χ1n) is 6.32. The molecule has 0 heterocycles. The minimum Gasteiger partial charge on any atom is -0.393 e. The van der Waals surface area contributed by atoms with Gasteiger partial charge in [-0.1, -0.05) is 42.5 Å². The molecule has 4 heteroatoms. The summed E-state index contributed by atoms with van der Waals surface area (Å²) in [5, 5.41) is 0. The molecule has 0 aliphatic rings. The van der Waals surface area contributed by atoms with Gasteiger partial charge in [-0.25, -0.2) is 0 Å². The summed E-state index contributed by atoms with van der Waals surface area (Å²) in [4.78, 5) is 14.3. The second-order valence-electron chi connectivity index (χ2n) is 4.59. The van der Waals surface area contributed by atoms with E-state index in [1.165, 1.54) is 0 Å². The Labute approximate surface area is 120 Å². The topological polar surface area (TPSA) is 46.3 Å². The lowest BCUT2D eigenvalue weighted by Gasteiger charge is -2.25. The van der Waals surface area contributed by atoms with Crippen LogP contribution in [0.15, 0.2) is 36.4 Å². The highest BCUT2D eigenvalue weighted by atomic mass is 32.1. The highest BCUT2D eigenvalue weighted by Crippen LogP contribution is 2.05. The van der Waals surface area contributed by atoms with Gasteiger partial charge >= 0.3 is 0 Å². The number of carbonyl (C=O) groups is 1. The molecular weight excluding hydrogens is 256 g/mol. The molecule has 2 N–H and O–H groups in total. The van der Waals surface area contributed by atoms with Gasteiger partial charge in [0, 0.05) is 25.1 Å². The van der Waals surface area contributed by atoms with Crippen LogP contribution < -0.4 is 5.73 Å². The van der Waals surface area contributed by atoms with Crippen LogP contribution in [-0.2, 0) is 4.79 Å². The van der Waals surface area contributed by atoms with Gasteiger partial charge in [0.05, 0.1) is 4.99 Å². The maximum Gasteiger partial charge on any atom is 0.246 e. The molecular formula is C15H20N2OS. The Morgan fingerprint density at radius 2 is 2.00 bits per heavy atom. The summed E-state index contributed by atoms with van der Waals surface area (Å²) < 4.78 is 0. The van der Waals surface area contributed by atoms with Gasteiger partial charge in [-0.15, -0.1) is 0 Å². The van der Waals surface area contributed by atoms with E-state index in [-0.39, 0.29) is 11.9 Å². The number of thiocarbonyl (C=S) groups is 1. The number of nitrogens with two attached hydrogens (primary N) is 1. The SMILES string of the molecule is CC(C)N(CCC(N)=S)C(=O)/C=C/c1ccccc1. The van der Waals surface area contributed by atoms with E-state index in [9.17, 15) is 4.79 Å². The van der Waals surface area contributed by atoms with E-state index in [0.29, 0.717) is 18.0 Å². The van der Waals surface area contributed by atoms with Gasteiger partial charge in [-0.05, 0) is 25.5 Å². The predicted molar refractivity (Wildman–Crippen MR) is 83.7 cm³/mol. The second kappa shape index (κ2) is 7.69. The van der Waals surface area contributed by atoms with Gasteiger partial charge in [0.2, 0.25) is 5.91 Å². The Morgan fingerprint density at radius 3 is 2.53 bits per heavy atom. The summed E-state index contributed by atoms with van der Waals surface area (Å²) in [6.07, 6.45) is 3.96. The lowest BCUT2D eigenvalue weighted by molar-refractivity contribution is -0.127. The Hall–Kier alpha value is -1.68. The normalized spacial score (nSPS) is 10.9. The minimum atomic E-state index is -0.0184. The first-order chi connectivity index (χ1) is 9.00. The Balaban J connectivity index is 2.67. The molecule has 1 amide bonds. The largest absolute Gasteiger partial charge is 0.393 e. The van der Waals surface area contributed by atoms with Crippen molar-refractivity contribution in [3.8, 4) is 0 Å². The number of hydrogen-bond acceptors (Lipinski definition) is 2. The molecule has 0 spiro atoms. The zero-order chi connectivity index (χ0) is 14.3. The zero-order valence-corrected chi connectivity index (χ0v) is 12.2. The molecule has 0 aliphatic heterocycles. The predicted octanol–water partition coefficient (Wildman–Crippen LogP) is 2.61. The monoisotopic (exact) mass is 276 g/mol. The lowest BCUT2D eigenvalue weighted by Crippen LogP contribution is -2.37. The van der Waals surface area contributed by atoms with Crippen LogP contribution in [0.5, 0.6) is 0 Å². The molecule has 0 atom stereocenters. The molecule has 3 nitrogen and oxygen atoms in total.